The van der Waals surface area contributed by atoms with E-state index in [2.05, 4.69) is 0 Å². The van der Waals surface area contributed by atoms with E-state index in [4.69, 9.17) is 4.42 Å². The molecule has 0 saturated carbocycles. The van der Waals surface area contributed by atoms with E-state index in [0.717, 1.165) is 12.1 Å². The summed E-state index contributed by atoms with van der Waals surface area (Å²) in [6, 6.07) is 7.42. The normalized spacial score (nSPS) is 12.1. The molecule has 0 fully saturated rings. The summed E-state index contributed by atoms with van der Waals surface area (Å²) in [4.78, 5) is 0. The summed E-state index contributed by atoms with van der Waals surface area (Å²) >= 11 is 0. The number of hydrogen-bond donors (Lipinski definition) is 0. The van der Waals surface area contributed by atoms with Crippen molar-refractivity contribution in [3.8, 4) is 0 Å². The van der Waals surface area contributed by atoms with Crippen LogP contribution >= 0.6 is 0 Å². The highest BCUT2D eigenvalue weighted by Crippen LogP contribution is 2.16. The van der Waals surface area contributed by atoms with E-state index in [0.29, 0.717) is 18.7 Å². The van der Waals surface area contributed by atoms with Gasteiger partial charge in [-0.25, -0.2) is 8.42 Å². The number of rotatable bonds is 8. The third-order valence-electron chi connectivity index (χ3n) is 3.45. The molecule has 21 heavy (non-hydrogen) atoms. The Hall–Kier alpha value is -1.53. The zero-order valence-electron chi connectivity index (χ0n) is 12.5. The van der Waals surface area contributed by atoms with Crippen LogP contribution < -0.4 is 0 Å². The van der Waals surface area contributed by atoms with Gasteiger partial charge in [0.25, 0.3) is 0 Å². The van der Waals surface area contributed by atoms with Crippen LogP contribution in [-0.4, -0.2) is 23.0 Å². The van der Waals surface area contributed by atoms with Gasteiger partial charge in [0.05, 0.1) is 25.1 Å². The Labute approximate surface area is 126 Å². The van der Waals surface area contributed by atoms with E-state index >= 15 is 0 Å². The molecule has 0 spiro atoms. The molecule has 0 atom stereocenters. The van der Waals surface area contributed by atoms with Crippen molar-refractivity contribution in [1.82, 2.24) is 8.87 Å². The predicted molar refractivity (Wildman–Crippen MR) is 82.1 cm³/mol. The van der Waals surface area contributed by atoms with Crippen LogP contribution in [0, 0.1) is 0 Å². The second kappa shape index (κ2) is 6.95. The average molecular weight is 310 g/mol. The Morgan fingerprint density at radius 2 is 2.05 bits per heavy atom. The highest BCUT2D eigenvalue weighted by molar-refractivity contribution is 7.89. The number of aromatic nitrogens is 1. The maximum atomic E-state index is 12.5. The Balaban J connectivity index is 2.19. The number of aryl methyl sites for hydroxylation is 1. The van der Waals surface area contributed by atoms with Gasteiger partial charge in [-0.1, -0.05) is 13.3 Å². The Morgan fingerprint density at radius 1 is 1.24 bits per heavy atom. The molecule has 0 radical (unpaired) electrons. The number of hydrogen-bond acceptors (Lipinski definition) is 3. The molecule has 6 heteroatoms. The lowest BCUT2D eigenvalue weighted by molar-refractivity contribution is 0.352. The summed E-state index contributed by atoms with van der Waals surface area (Å²) in [5.41, 5.74) is 0.960. The van der Waals surface area contributed by atoms with Gasteiger partial charge in [-0.3, -0.25) is 0 Å². The quantitative estimate of drug-likeness (QED) is 0.753. The van der Waals surface area contributed by atoms with E-state index in [1.54, 1.807) is 18.4 Å². The van der Waals surface area contributed by atoms with Crippen LogP contribution in [0.3, 0.4) is 0 Å². The molecule has 0 aliphatic carbocycles. The minimum atomic E-state index is -3.29. The topological polar surface area (TPSA) is 55.5 Å². The second-order valence-corrected chi connectivity index (χ2v) is 7.22. The van der Waals surface area contributed by atoms with Gasteiger partial charge in [0.2, 0.25) is 10.0 Å². The summed E-state index contributed by atoms with van der Waals surface area (Å²) in [6.45, 7) is 2.62. The summed E-state index contributed by atoms with van der Waals surface area (Å²) in [5.74, 6) is 0.832. The first kappa shape index (κ1) is 15.9. The summed E-state index contributed by atoms with van der Waals surface area (Å²) in [7, 11) is -1.38. The number of furan rings is 1. The van der Waals surface area contributed by atoms with Crippen molar-refractivity contribution >= 4 is 10.0 Å². The van der Waals surface area contributed by atoms with Crippen LogP contribution in [0.2, 0.25) is 0 Å². The molecule has 0 aliphatic rings. The lowest BCUT2D eigenvalue weighted by Gasteiger charge is -2.21. The average Bonchev–Trinajstić information content (AvgIpc) is 3.08. The summed E-state index contributed by atoms with van der Waals surface area (Å²) < 4.78 is 33.8. The smallest absolute Gasteiger partial charge is 0.214 e. The first-order chi connectivity index (χ1) is 10.0. The number of unbranched alkanes of at least 4 members (excludes halogenated alkanes) is 1. The van der Waals surface area contributed by atoms with Crippen molar-refractivity contribution in [3.63, 3.8) is 0 Å². The molecular formula is C15H22N2O3S. The van der Waals surface area contributed by atoms with Gasteiger partial charge in [-0.2, -0.15) is 4.31 Å². The SMILES string of the molecule is CCCCS(=O)(=O)N(Cc1ccco1)Cc1cccn1C. The van der Waals surface area contributed by atoms with Crippen molar-refractivity contribution in [2.75, 3.05) is 5.75 Å². The van der Waals surface area contributed by atoms with Gasteiger partial charge >= 0.3 is 0 Å². The van der Waals surface area contributed by atoms with E-state index in [1.165, 1.54) is 4.31 Å². The van der Waals surface area contributed by atoms with Crippen LogP contribution in [0.5, 0.6) is 0 Å². The predicted octanol–water partition coefficient (Wildman–Crippen LogP) is 2.75. The largest absolute Gasteiger partial charge is 0.468 e. The fourth-order valence-corrected chi connectivity index (χ4v) is 3.69. The zero-order chi connectivity index (χ0) is 15.3. The van der Waals surface area contributed by atoms with E-state index in [1.807, 2.05) is 36.9 Å². The molecule has 0 amide bonds. The molecule has 116 valence electrons. The molecule has 0 bridgehead atoms. The lowest BCUT2D eigenvalue weighted by atomic mass is 10.4. The highest BCUT2D eigenvalue weighted by atomic mass is 32.2. The number of nitrogens with zero attached hydrogens (tertiary/aromatic N) is 2. The maximum absolute atomic E-state index is 12.5. The molecule has 2 aromatic rings. The van der Waals surface area contributed by atoms with Crippen LogP contribution in [-0.2, 0) is 30.2 Å². The molecule has 0 unspecified atom stereocenters. The van der Waals surface area contributed by atoms with Crippen LogP contribution in [0.25, 0.3) is 0 Å². The zero-order valence-corrected chi connectivity index (χ0v) is 13.3. The summed E-state index contributed by atoms with van der Waals surface area (Å²) in [6.07, 6.45) is 5.01. The first-order valence-corrected chi connectivity index (χ1v) is 8.74. The highest BCUT2D eigenvalue weighted by Gasteiger charge is 2.23. The Morgan fingerprint density at radius 3 is 2.62 bits per heavy atom. The number of sulfonamides is 1. The van der Waals surface area contributed by atoms with Crippen molar-refractivity contribution < 1.29 is 12.8 Å². The fourth-order valence-electron chi connectivity index (χ4n) is 2.13. The van der Waals surface area contributed by atoms with Gasteiger partial charge in [0.1, 0.15) is 5.76 Å². The van der Waals surface area contributed by atoms with E-state index in [-0.39, 0.29) is 12.3 Å². The molecular weight excluding hydrogens is 288 g/mol. The van der Waals surface area contributed by atoms with Crippen molar-refractivity contribution in [3.05, 3.63) is 48.2 Å². The first-order valence-electron chi connectivity index (χ1n) is 7.13. The van der Waals surface area contributed by atoms with Crippen LogP contribution in [0.15, 0.2) is 41.1 Å². The minimum Gasteiger partial charge on any atom is -0.468 e. The maximum Gasteiger partial charge on any atom is 0.214 e. The van der Waals surface area contributed by atoms with Gasteiger partial charge in [-0.15, -0.1) is 0 Å². The molecule has 0 aromatic carbocycles. The molecule has 2 aromatic heterocycles. The van der Waals surface area contributed by atoms with Crippen molar-refractivity contribution in [2.45, 2.75) is 32.9 Å². The van der Waals surface area contributed by atoms with Crippen LogP contribution in [0.4, 0.5) is 0 Å². The van der Waals surface area contributed by atoms with Gasteiger partial charge in [-0.05, 0) is 30.7 Å². The molecule has 0 N–H and O–H groups in total. The molecule has 2 rings (SSSR count). The molecule has 5 nitrogen and oxygen atoms in total. The Kier molecular flexibility index (Phi) is 5.25. The molecule has 2 heterocycles. The lowest BCUT2D eigenvalue weighted by Crippen LogP contribution is -2.32. The third-order valence-corrected chi connectivity index (χ3v) is 5.30. The monoisotopic (exact) mass is 310 g/mol. The van der Waals surface area contributed by atoms with Gasteiger partial charge in [0, 0.05) is 18.9 Å². The van der Waals surface area contributed by atoms with Crippen molar-refractivity contribution in [2.24, 2.45) is 7.05 Å². The molecule has 0 aliphatic heterocycles. The standard InChI is InChI=1S/C15H22N2O3S/c1-3-4-11-21(18,19)17(13-15-8-6-10-20-15)12-14-7-5-9-16(14)2/h5-10H,3-4,11-13H2,1-2H3. The van der Waals surface area contributed by atoms with Gasteiger partial charge in [0.15, 0.2) is 0 Å². The van der Waals surface area contributed by atoms with Crippen molar-refractivity contribution in [1.29, 1.82) is 0 Å². The van der Waals surface area contributed by atoms with Gasteiger partial charge < -0.3 is 8.98 Å². The van der Waals surface area contributed by atoms with E-state index in [9.17, 15) is 8.42 Å². The minimum absolute atomic E-state index is 0.175. The summed E-state index contributed by atoms with van der Waals surface area (Å²) in [5, 5.41) is 0. The Bertz CT molecular complexity index is 644. The van der Waals surface area contributed by atoms with Crippen LogP contribution in [0.1, 0.15) is 31.2 Å². The van der Waals surface area contributed by atoms with E-state index < -0.39 is 10.0 Å². The third kappa shape index (κ3) is 4.22. The molecule has 0 saturated heterocycles. The second-order valence-electron chi connectivity index (χ2n) is 5.13. The fraction of sp³-hybridized carbons (Fsp3) is 0.467.